The van der Waals surface area contributed by atoms with Gasteiger partial charge < -0.3 is 5.32 Å². The van der Waals surface area contributed by atoms with E-state index in [1.165, 1.54) is 6.42 Å². The number of nitrogens with one attached hydrogen (secondary N) is 1. The van der Waals surface area contributed by atoms with Crippen molar-refractivity contribution in [2.75, 3.05) is 5.32 Å². The van der Waals surface area contributed by atoms with Crippen LogP contribution in [0.5, 0.6) is 0 Å². The van der Waals surface area contributed by atoms with E-state index in [0.717, 1.165) is 24.2 Å². The van der Waals surface area contributed by atoms with Gasteiger partial charge in [0.2, 0.25) is 5.91 Å². The first-order chi connectivity index (χ1) is 6.75. The molecule has 1 N–H and O–H groups in total. The summed E-state index contributed by atoms with van der Waals surface area (Å²) < 4.78 is 0. The average molecular weight is 190 g/mol. The maximum absolute atomic E-state index is 11.6. The summed E-state index contributed by atoms with van der Waals surface area (Å²) in [5.41, 5.74) is 1.78. The number of carbonyl (C=O) groups is 1. The Morgan fingerprint density at radius 3 is 2.93 bits per heavy atom. The topological polar surface area (TPSA) is 42.0 Å². The monoisotopic (exact) mass is 190 g/mol. The largest absolute Gasteiger partial charge is 0.326 e. The lowest BCUT2D eigenvalue weighted by Gasteiger charge is -2.24. The second-order valence-corrected chi connectivity index (χ2v) is 3.80. The van der Waals surface area contributed by atoms with Gasteiger partial charge in [-0.15, -0.1) is 0 Å². The molecule has 0 atom stereocenters. The summed E-state index contributed by atoms with van der Waals surface area (Å²) in [6.45, 7) is 1.92. The maximum atomic E-state index is 11.6. The first kappa shape index (κ1) is 9.19. The number of nitrogens with zero attached hydrogens (tertiary/aromatic N) is 1. The van der Waals surface area contributed by atoms with E-state index in [1.54, 1.807) is 6.20 Å². The summed E-state index contributed by atoms with van der Waals surface area (Å²) in [6, 6.07) is 3.71. The lowest BCUT2D eigenvalue weighted by Crippen LogP contribution is -2.28. The molecule has 0 aromatic carbocycles. The normalized spacial score (nSPS) is 16.1. The van der Waals surface area contributed by atoms with Gasteiger partial charge in [-0.05, 0) is 31.9 Å². The van der Waals surface area contributed by atoms with Gasteiger partial charge in [0.05, 0.1) is 0 Å². The minimum atomic E-state index is 0.154. The second-order valence-electron chi connectivity index (χ2n) is 3.80. The van der Waals surface area contributed by atoms with Gasteiger partial charge in [-0.1, -0.05) is 6.42 Å². The molecule has 1 aromatic heterocycles. The van der Waals surface area contributed by atoms with Crippen LogP contribution in [0.15, 0.2) is 18.3 Å². The van der Waals surface area contributed by atoms with Gasteiger partial charge in [-0.25, -0.2) is 0 Å². The molecule has 0 radical (unpaired) electrons. The molecule has 1 aliphatic carbocycles. The lowest BCUT2D eigenvalue weighted by atomic mass is 9.85. The number of anilines is 1. The van der Waals surface area contributed by atoms with Crippen molar-refractivity contribution in [1.82, 2.24) is 4.98 Å². The van der Waals surface area contributed by atoms with Crippen LogP contribution in [0.2, 0.25) is 0 Å². The van der Waals surface area contributed by atoms with E-state index >= 15 is 0 Å². The fraction of sp³-hybridized carbons (Fsp3) is 0.455. The zero-order chi connectivity index (χ0) is 9.97. The number of carbonyl (C=O) groups excluding carboxylic acids is 1. The Bertz CT molecular complexity index is 345. The number of aromatic nitrogens is 1. The van der Waals surface area contributed by atoms with E-state index in [9.17, 15) is 4.79 Å². The molecule has 1 amide bonds. The van der Waals surface area contributed by atoms with Crippen LogP contribution in [-0.4, -0.2) is 10.9 Å². The van der Waals surface area contributed by atoms with Crippen molar-refractivity contribution in [3.63, 3.8) is 0 Å². The van der Waals surface area contributed by atoms with Crippen molar-refractivity contribution < 1.29 is 4.79 Å². The molecule has 0 spiro atoms. The SMILES string of the molecule is Cc1cc(NC(=O)C2CCC2)ccn1. The summed E-state index contributed by atoms with van der Waals surface area (Å²) in [7, 11) is 0. The fourth-order valence-electron chi connectivity index (χ4n) is 1.54. The smallest absolute Gasteiger partial charge is 0.227 e. The molecule has 1 heterocycles. The van der Waals surface area contributed by atoms with Crippen LogP contribution in [0.3, 0.4) is 0 Å². The molecule has 14 heavy (non-hydrogen) atoms. The quantitative estimate of drug-likeness (QED) is 0.776. The summed E-state index contributed by atoms with van der Waals surface area (Å²) in [5, 5.41) is 2.91. The molecule has 0 saturated heterocycles. The second kappa shape index (κ2) is 3.78. The van der Waals surface area contributed by atoms with Crippen molar-refractivity contribution in [1.29, 1.82) is 0 Å². The van der Waals surface area contributed by atoms with E-state index in [2.05, 4.69) is 10.3 Å². The molecular formula is C11H14N2O. The van der Waals surface area contributed by atoms with Gasteiger partial charge in [0.15, 0.2) is 0 Å². The number of aryl methyl sites for hydroxylation is 1. The summed E-state index contributed by atoms with van der Waals surface area (Å²) >= 11 is 0. The fourth-order valence-corrected chi connectivity index (χ4v) is 1.54. The molecular weight excluding hydrogens is 176 g/mol. The van der Waals surface area contributed by atoms with Gasteiger partial charge in [-0.2, -0.15) is 0 Å². The van der Waals surface area contributed by atoms with E-state index < -0.39 is 0 Å². The zero-order valence-corrected chi connectivity index (χ0v) is 8.29. The molecule has 1 aromatic rings. The Kier molecular flexibility index (Phi) is 2.48. The number of pyridine rings is 1. The molecule has 2 rings (SSSR count). The van der Waals surface area contributed by atoms with Crippen molar-refractivity contribution in [3.05, 3.63) is 24.0 Å². The van der Waals surface area contributed by atoms with Crippen LogP contribution in [0.4, 0.5) is 5.69 Å². The maximum Gasteiger partial charge on any atom is 0.227 e. The van der Waals surface area contributed by atoms with E-state index in [0.29, 0.717) is 0 Å². The molecule has 3 nitrogen and oxygen atoms in total. The predicted octanol–water partition coefficient (Wildman–Crippen LogP) is 2.13. The van der Waals surface area contributed by atoms with Crippen molar-refractivity contribution in [2.45, 2.75) is 26.2 Å². The summed E-state index contributed by atoms with van der Waals surface area (Å²) in [6.07, 6.45) is 4.98. The molecule has 0 unspecified atom stereocenters. The standard InChI is InChI=1S/C11H14N2O/c1-8-7-10(5-6-12-8)13-11(14)9-3-2-4-9/h5-7,9H,2-4H2,1H3,(H,12,13,14). The van der Waals surface area contributed by atoms with Crippen LogP contribution < -0.4 is 5.32 Å². The number of hydrogen-bond acceptors (Lipinski definition) is 2. The van der Waals surface area contributed by atoms with E-state index in [4.69, 9.17) is 0 Å². The average Bonchev–Trinajstić information content (AvgIpc) is 1.99. The van der Waals surface area contributed by atoms with Crippen molar-refractivity contribution in [2.24, 2.45) is 5.92 Å². The third-order valence-corrected chi connectivity index (χ3v) is 2.64. The Balaban J connectivity index is 1.99. The van der Waals surface area contributed by atoms with Gasteiger partial charge in [-0.3, -0.25) is 9.78 Å². The van der Waals surface area contributed by atoms with Gasteiger partial charge in [0.1, 0.15) is 0 Å². The Morgan fingerprint density at radius 1 is 1.57 bits per heavy atom. The van der Waals surface area contributed by atoms with Crippen LogP contribution in [0, 0.1) is 12.8 Å². The Labute approximate surface area is 83.5 Å². The number of amides is 1. The molecule has 74 valence electrons. The first-order valence-corrected chi connectivity index (χ1v) is 4.99. The highest BCUT2D eigenvalue weighted by Crippen LogP contribution is 2.27. The Hall–Kier alpha value is -1.38. The van der Waals surface area contributed by atoms with Gasteiger partial charge in [0, 0.05) is 23.5 Å². The molecule has 3 heteroatoms. The minimum absolute atomic E-state index is 0.154. The lowest BCUT2D eigenvalue weighted by molar-refractivity contribution is -0.122. The van der Waals surface area contributed by atoms with Gasteiger partial charge in [0.25, 0.3) is 0 Å². The number of hydrogen-bond donors (Lipinski definition) is 1. The predicted molar refractivity (Wildman–Crippen MR) is 54.9 cm³/mol. The molecule has 1 saturated carbocycles. The molecule has 0 aliphatic heterocycles. The van der Waals surface area contributed by atoms with E-state index in [-0.39, 0.29) is 11.8 Å². The van der Waals surface area contributed by atoms with Crippen LogP contribution in [0.1, 0.15) is 25.0 Å². The Morgan fingerprint density at radius 2 is 2.36 bits per heavy atom. The van der Waals surface area contributed by atoms with Crippen molar-refractivity contribution >= 4 is 11.6 Å². The first-order valence-electron chi connectivity index (χ1n) is 4.99. The minimum Gasteiger partial charge on any atom is -0.326 e. The summed E-state index contributed by atoms with van der Waals surface area (Å²) in [4.78, 5) is 15.6. The number of rotatable bonds is 2. The van der Waals surface area contributed by atoms with Crippen LogP contribution >= 0.6 is 0 Å². The highest BCUT2D eigenvalue weighted by Gasteiger charge is 2.24. The highest BCUT2D eigenvalue weighted by atomic mass is 16.1. The zero-order valence-electron chi connectivity index (χ0n) is 8.29. The van der Waals surface area contributed by atoms with E-state index in [1.807, 2.05) is 19.1 Å². The third-order valence-electron chi connectivity index (χ3n) is 2.64. The van der Waals surface area contributed by atoms with Crippen molar-refractivity contribution in [3.8, 4) is 0 Å². The molecule has 1 aliphatic rings. The summed E-state index contributed by atoms with van der Waals surface area (Å²) in [5.74, 6) is 0.394. The van der Waals surface area contributed by atoms with Gasteiger partial charge >= 0.3 is 0 Å². The molecule has 1 fully saturated rings. The third kappa shape index (κ3) is 1.92. The van der Waals surface area contributed by atoms with Crippen LogP contribution in [-0.2, 0) is 4.79 Å². The van der Waals surface area contributed by atoms with Crippen LogP contribution in [0.25, 0.3) is 0 Å². The highest BCUT2D eigenvalue weighted by molar-refractivity contribution is 5.92. The molecule has 0 bridgehead atoms.